The highest BCUT2D eigenvalue weighted by molar-refractivity contribution is 6.32. The van der Waals surface area contributed by atoms with Crippen LogP contribution in [0.1, 0.15) is 24.8 Å². The Morgan fingerprint density at radius 1 is 1.44 bits per heavy atom. The minimum atomic E-state index is -1.07. The molecule has 0 bridgehead atoms. The maximum atomic E-state index is 13.4. The third-order valence-corrected chi connectivity index (χ3v) is 2.56. The molecule has 0 saturated heterocycles. The van der Waals surface area contributed by atoms with Crippen molar-refractivity contribution in [1.29, 1.82) is 0 Å². The summed E-state index contributed by atoms with van der Waals surface area (Å²) >= 11 is 11.6. The number of hydrogen-bond donors (Lipinski definition) is 1. The number of halogens is 3. The minimum absolute atomic E-state index is 0.0454. The van der Waals surface area contributed by atoms with E-state index in [1.165, 1.54) is 18.2 Å². The molecule has 16 heavy (non-hydrogen) atoms. The number of nitrogens with one attached hydrogen (secondary N) is 1. The largest absolute Gasteiger partial charge is 0.352 e. The summed E-state index contributed by atoms with van der Waals surface area (Å²) < 4.78 is 13.4. The Hall–Kier alpha value is -0.800. The molecule has 5 heteroatoms. The van der Waals surface area contributed by atoms with Crippen LogP contribution < -0.4 is 5.32 Å². The predicted molar refractivity (Wildman–Crippen MR) is 63.3 cm³/mol. The first kappa shape index (κ1) is 13.3. The van der Waals surface area contributed by atoms with Crippen molar-refractivity contribution >= 4 is 29.1 Å². The van der Waals surface area contributed by atoms with E-state index in [1.54, 1.807) is 13.8 Å². The Bertz CT molecular complexity index is 396. The van der Waals surface area contributed by atoms with Crippen LogP contribution in [0.5, 0.6) is 0 Å². The molecule has 1 aromatic carbocycles. The number of rotatable bonds is 3. The highest BCUT2D eigenvalue weighted by Gasteiger charge is 2.21. The average Bonchev–Trinajstić information content (AvgIpc) is 2.19. The quantitative estimate of drug-likeness (QED) is 0.834. The van der Waals surface area contributed by atoms with E-state index in [-0.39, 0.29) is 11.6 Å². The van der Waals surface area contributed by atoms with Gasteiger partial charge in [-0.25, -0.2) is 4.39 Å². The van der Waals surface area contributed by atoms with E-state index in [0.29, 0.717) is 5.02 Å². The maximum Gasteiger partial charge on any atom is 0.242 e. The summed E-state index contributed by atoms with van der Waals surface area (Å²) in [6.07, 6.45) is 0. The van der Waals surface area contributed by atoms with E-state index in [1.807, 2.05) is 0 Å². The van der Waals surface area contributed by atoms with Crippen LogP contribution in [0.15, 0.2) is 18.2 Å². The van der Waals surface area contributed by atoms with Gasteiger partial charge in [0.25, 0.3) is 0 Å². The second-order valence-corrected chi connectivity index (χ2v) is 4.56. The fourth-order valence-corrected chi connectivity index (χ4v) is 1.62. The van der Waals surface area contributed by atoms with Gasteiger partial charge in [0, 0.05) is 16.6 Å². The fourth-order valence-electron chi connectivity index (χ4n) is 1.21. The molecular formula is C11H12Cl2FNO. The Balaban J connectivity index is 2.91. The highest BCUT2D eigenvalue weighted by Crippen LogP contribution is 2.26. The van der Waals surface area contributed by atoms with Crippen molar-refractivity contribution in [3.05, 3.63) is 34.6 Å². The number of hydrogen-bond acceptors (Lipinski definition) is 1. The third kappa shape index (κ3) is 3.35. The first-order valence-electron chi connectivity index (χ1n) is 4.81. The summed E-state index contributed by atoms with van der Waals surface area (Å²) in [7, 11) is 0. The molecule has 0 aromatic heterocycles. The van der Waals surface area contributed by atoms with Crippen molar-refractivity contribution in [2.75, 3.05) is 0 Å². The van der Waals surface area contributed by atoms with Crippen LogP contribution in [0.2, 0.25) is 5.02 Å². The highest BCUT2D eigenvalue weighted by atomic mass is 35.5. The monoisotopic (exact) mass is 263 g/mol. The standard InChI is InChI=1S/C11H12Cl2FNO/c1-6(2)15-11(16)10(13)8-5-7(12)3-4-9(8)14/h3-6,10H,1-2H3,(H,15,16). The van der Waals surface area contributed by atoms with E-state index < -0.39 is 17.1 Å². The normalized spacial score (nSPS) is 12.6. The van der Waals surface area contributed by atoms with Gasteiger partial charge in [-0.15, -0.1) is 11.6 Å². The smallest absolute Gasteiger partial charge is 0.242 e. The van der Waals surface area contributed by atoms with Gasteiger partial charge < -0.3 is 5.32 Å². The van der Waals surface area contributed by atoms with Gasteiger partial charge in [0.1, 0.15) is 11.2 Å². The van der Waals surface area contributed by atoms with Crippen molar-refractivity contribution in [3.8, 4) is 0 Å². The van der Waals surface area contributed by atoms with E-state index in [4.69, 9.17) is 23.2 Å². The molecule has 0 aliphatic carbocycles. The SMILES string of the molecule is CC(C)NC(=O)C(Cl)c1cc(Cl)ccc1F. The van der Waals surface area contributed by atoms with Crippen LogP contribution >= 0.6 is 23.2 Å². The minimum Gasteiger partial charge on any atom is -0.352 e. The van der Waals surface area contributed by atoms with Crippen LogP contribution in [0.4, 0.5) is 4.39 Å². The summed E-state index contributed by atoms with van der Waals surface area (Å²) in [6.45, 7) is 3.60. The molecule has 0 heterocycles. The topological polar surface area (TPSA) is 29.1 Å². The van der Waals surface area contributed by atoms with Crippen molar-refractivity contribution < 1.29 is 9.18 Å². The van der Waals surface area contributed by atoms with Gasteiger partial charge in [-0.1, -0.05) is 11.6 Å². The molecule has 2 nitrogen and oxygen atoms in total. The van der Waals surface area contributed by atoms with Gasteiger partial charge >= 0.3 is 0 Å². The summed E-state index contributed by atoms with van der Waals surface area (Å²) in [5.41, 5.74) is 0.0901. The molecule has 0 radical (unpaired) electrons. The first-order valence-corrected chi connectivity index (χ1v) is 5.62. The van der Waals surface area contributed by atoms with Gasteiger partial charge in [-0.3, -0.25) is 4.79 Å². The second-order valence-electron chi connectivity index (χ2n) is 3.69. The number of carbonyl (C=O) groups is 1. The first-order chi connectivity index (χ1) is 7.41. The Labute approximate surface area is 104 Å². The van der Waals surface area contributed by atoms with Crippen molar-refractivity contribution in [2.24, 2.45) is 0 Å². The van der Waals surface area contributed by atoms with Crippen molar-refractivity contribution in [2.45, 2.75) is 25.3 Å². The molecule has 88 valence electrons. The lowest BCUT2D eigenvalue weighted by Crippen LogP contribution is -2.33. The van der Waals surface area contributed by atoms with E-state index in [2.05, 4.69) is 5.32 Å². The molecule has 0 spiro atoms. The molecular weight excluding hydrogens is 252 g/mol. The van der Waals surface area contributed by atoms with Crippen LogP contribution in [-0.4, -0.2) is 11.9 Å². The third-order valence-electron chi connectivity index (χ3n) is 1.89. The van der Waals surface area contributed by atoms with Gasteiger partial charge in [-0.2, -0.15) is 0 Å². The van der Waals surface area contributed by atoms with Crippen molar-refractivity contribution in [1.82, 2.24) is 5.32 Å². The zero-order chi connectivity index (χ0) is 12.3. The maximum absolute atomic E-state index is 13.4. The molecule has 0 saturated carbocycles. The Morgan fingerprint density at radius 3 is 2.62 bits per heavy atom. The van der Waals surface area contributed by atoms with Gasteiger partial charge in [-0.05, 0) is 32.0 Å². The molecule has 1 amide bonds. The molecule has 0 aliphatic rings. The zero-order valence-electron chi connectivity index (χ0n) is 8.93. The predicted octanol–water partition coefficient (Wildman–Crippen LogP) is 3.28. The summed E-state index contributed by atoms with van der Waals surface area (Å²) in [5, 5.41) is 1.89. The molecule has 1 rings (SSSR count). The van der Waals surface area contributed by atoms with E-state index in [9.17, 15) is 9.18 Å². The van der Waals surface area contributed by atoms with Gasteiger partial charge in [0.2, 0.25) is 5.91 Å². The van der Waals surface area contributed by atoms with Crippen LogP contribution in [-0.2, 0) is 4.79 Å². The lowest BCUT2D eigenvalue weighted by Gasteiger charge is -2.14. The molecule has 1 atom stereocenters. The molecule has 0 aliphatic heterocycles. The van der Waals surface area contributed by atoms with Gasteiger partial charge in [0.05, 0.1) is 0 Å². The molecule has 1 aromatic rings. The number of benzene rings is 1. The van der Waals surface area contributed by atoms with Crippen molar-refractivity contribution in [3.63, 3.8) is 0 Å². The molecule has 1 N–H and O–H groups in total. The van der Waals surface area contributed by atoms with Crippen LogP contribution in [0.3, 0.4) is 0 Å². The average molecular weight is 264 g/mol. The Kier molecular flexibility index (Phi) is 4.56. The van der Waals surface area contributed by atoms with Gasteiger partial charge in [0.15, 0.2) is 0 Å². The second kappa shape index (κ2) is 5.51. The lowest BCUT2D eigenvalue weighted by atomic mass is 10.1. The summed E-state index contributed by atoms with van der Waals surface area (Å²) in [5.74, 6) is -0.971. The fraction of sp³-hybridized carbons (Fsp3) is 0.364. The number of carbonyl (C=O) groups excluding carboxylic acids is 1. The summed E-state index contributed by atoms with van der Waals surface area (Å²) in [4.78, 5) is 11.6. The van der Waals surface area contributed by atoms with Crippen LogP contribution in [0, 0.1) is 5.82 Å². The summed E-state index contributed by atoms with van der Waals surface area (Å²) in [6, 6.07) is 3.91. The van der Waals surface area contributed by atoms with Crippen LogP contribution in [0.25, 0.3) is 0 Å². The molecule has 1 unspecified atom stereocenters. The van der Waals surface area contributed by atoms with E-state index in [0.717, 1.165) is 0 Å². The lowest BCUT2D eigenvalue weighted by molar-refractivity contribution is -0.121. The zero-order valence-corrected chi connectivity index (χ0v) is 10.4. The number of amides is 1. The molecule has 0 fully saturated rings. The Morgan fingerprint density at radius 2 is 2.06 bits per heavy atom. The number of alkyl halides is 1. The van der Waals surface area contributed by atoms with E-state index >= 15 is 0 Å².